The highest BCUT2D eigenvalue weighted by Gasteiger charge is 2.17. The minimum atomic E-state index is -4.53. The SMILES string of the molecule is CC(=O)CC(=O)c1ccc(S(=O)(=O)O)c(O)c1. The molecule has 0 radical (unpaired) electrons. The third-order valence-electron chi connectivity index (χ3n) is 1.97. The van der Waals surface area contributed by atoms with Gasteiger partial charge in [0.2, 0.25) is 0 Å². The average Bonchev–Trinajstić information content (AvgIpc) is 2.14. The van der Waals surface area contributed by atoms with E-state index in [1.165, 1.54) is 6.92 Å². The van der Waals surface area contributed by atoms with Gasteiger partial charge in [0.1, 0.15) is 16.4 Å². The Morgan fingerprint density at radius 3 is 2.29 bits per heavy atom. The first-order valence-corrected chi connectivity index (χ1v) is 5.99. The second-order valence-electron chi connectivity index (χ2n) is 3.46. The van der Waals surface area contributed by atoms with Gasteiger partial charge in [0.15, 0.2) is 5.78 Å². The van der Waals surface area contributed by atoms with E-state index in [4.69, 9.17) is 4.55 Å². The molecule has 1 aromatic rings. The van der Waals surface area contributed by atoms with Crippen molar-refractivity contribution in [1.29, 1.82) is 0 Å². The molecule has 0 fully saturated rings. The van der Waals surface area contributed by atoms with Crippen LogP contribution in [0, 0.1) is 0 Å². The molecule has 0 saturated heterocycles. The molecule has 0 bridgehead atoms. The van der Waals surface area contributed by atoms with Gasteiger partial charge in [-0.05, 0) is 25.1 Å². The van der Waals surface area contributed by atoms with Crippen molar-refractivity contribution >= 4 is 21.7 Å². The fourth-order valence-corrected chi connectivity index (χ4v) is 1.80. The van der Waals surface area contributed by atoms with Gasteiger partial charge in [-0.25, -0.2) is 0 Å². The van der Waals surface area contributed by atoms with Gasteiger partial charge in [-0.1, -0.05) is 0 Å². The van der Waals surface area contributed by atoms with Crippen LogP contribution < -0.4 is 0 Å². The van der Waals surface area contributed by atoms with E-state index in [0.29, 0.717) is 0 Å². The van der Waals surface area contributed by atoms with Crippen molar-refractivity contribution in [3.05, 3.63) is 23.8 Å². The zero-order chi connectivity index (χ0) is 13.2. The Balaban J connectivity index is 3.14. The summed E-state index contributed by atoms with van der Waals surface area (Å²) in [7, 11) is -4.53. The molecule has 1 aromatic carbocycles. The molecule has 0 atom stereocenters. The van der Waals surface area contributed by atoms with Gasteiger partial charge in [0.25, 0.3) is 10.1 Å². The molecule has 0 saturated carbocycles. The minimum absolute atomic E-state index is 0.00472. The largest absolute Gasteiger partial charge is 0.506 e. The molecule has 17 heavy (non-hydrogen) atoms. The van der Waals surface area contributed by atoms with Gasteiger partial charge >= 0.3 is 0 Å². The van der Waals surface area contributed by atoms with Crippen LogP contribution in [0.2, 0.25) is 0 Å². The monoisotopic (exact) mass is 258 g/mol. The number of hydrogen-bond acceptors (Lipinski definition) is 5. The Morgan fingerprint density at radius 2 is 1.88 bits per heavy atom. The number of benzene rings is 1. The third kappa shape index (κ3) is 3.36. The van der Waals surface area contributed by atoms with Crippen molar-refractivity contribution < 1.29 is 27.7 Å². The molecule has 0 spiro atoms. The molecule has 92 valence electrons. The lowest BCUT2D eigenvalue weighted by Gasteiger charge is -2.03. The highest BCUT2D eigenvalue weighted by molar-refractivity contribution is 7.86. The number of rotatable bonds is 4. The predicted octanol–water partition coefficient (Wildman–Crippen LogP) is 0.801. The molecular weight excluding hydrogens is 248 g/mol. The molecule has 7 heteroatoms. The molecule has 0 aliphatic rings. The Bertz CT molecular complexity index is 572. The summed E-state index contributed by atoms with van der Waals surface area (Å²) in [6.07, 6.45) is -0.329. The van der Waals surface area contributed by atoms with Crippen molar-refractivity contribution in [2.45, 2.75) is 18.2 Å². The molecule has 0 unspecified atom stereocenters. The predicted molar refractivity (Wildman–Crippen MR) is 57.5 cm³/mol. The van der Waals surface area contributed by atoms with Crippen LogP contribution in [0.25, 0.3) is 0 Å². The van der Waals surface area contributed by atoms with Gasteiger partial charge in [-0.15, -0.1) is 0 Å². The van der Waals surface area contributed by atoms with E-state index in [1.807, 2.05) is 0 Å². The number of carbonyl (C=O) groups is 2. The van der Waals surface area contributed by atoms with Crippen molar-refractivity contribution in [2.24, 2.45) is 0 Å². The molecule has 0 aliphatic carbocycles. The number of Topliss-reactive ketones (excluding diaryl/α,β-unsaturated/α-hetero) is 2. The van der Waals surface area contributed by atoms with Crippen LogP contribution in [-0.2, 0) is 14.9 Å². The van der Waals surface area contributed by atoms with Gasteiger partial charge in [-0.2, -0.15) is 8.42 Å². The number of aromatic hydroxyl groups is 1. The van der Waals surface area contributed by atoms with E-state index >= 15 is 0 Å². The summed E-state index contributed by atoms with van der Waals surface area (Å²) in [5.41, 5.74) is 0.00472. The van der Waals surface area contributed by atoms with E-state index in [-0.39, 0.29) is 17.8 Å². The summed E-state index contributed by atoms with van der Waals surface area (Å²) < 4.78 is 30.3. The van der Waals surface area contributed by atoms with Gasteiger partial charge in [-0.3, -0.25) is 14.1 Å². The summed E-state index contributed by atoms with van der Waals surface area (Å²) >= 11 is 0. The number of phenols is 1. The second kappa shape index (κ2) is 4.64. The van der Waals surface area contributed by atoms with Crippen LogP contribution in [0.15, 0.2) is 23.1 Å². The maximum Gasteiger partial charge on any atom is 0.298 e. The first-order valence-electron chi connectivity index (χ1n) is 4.55. The summed E-state index contributed by atoms with van der Waals surface area (Å²) in [6.45, 7) is 1.24. The number of carbonyl (C=O) groups excluding carboxylic acids is 2. The standard InChI is InChI=1S/C10H10O6S/c1-6(11)4-8(12)7-2-3-10(9(13)5-7)17(14,15)16/h2-3,5,13H,4H2,1H3,(H,14,15,16). The van der Waals surface area contributed by atoms with Crippen LogP contribution in [0.5, 0.6) is 5.75 Å². The van der Waals surface area contributed by atoms with E-state index in [9.17, 15) is 23.1 Å². The zero-order valence-electron chi connectivity index (χ0n) is 8.87. The van der Waals surface area contributed by atoms with E-state index in [0.717, 1.165) is 18.2 Å². The number of hydrogen-bond donors (Lipinski definition) is 2. The van der Waals surface area contributed by atoms with Crippen LogP contribution in [0.4, 0.5) is 0 Å². The lowest BCUT2D eigenvalue weighted by Crippen LogP contribution is -2.06. The fourth-order valence-electron chi connectivity index (χ4n) is 1.24. The van der Waals surface area contributed by atoms with Crippen LogP contribution >= 0.6 is 0 Å². The Labute approximate surface area is 97.6 Å². The first-order chi connectivity index (χ1) is 7.71. The van der Waals surface area contributed by atoms with Crippen molar-refractivity contribution in [3.63, 3.8) is 0 Å². The molecular formula is C10H10O6S. The highest BCUT2D eigenvalue weighted by Crippen LogP contribution is 2.24. The molecule has 6 nitrogen and oxygen atoms in total. The first kappa shape index (κ1) is 13.3. The number of ketones is 2. The lowest BCUT2D eigenvalue weighted by atomic mass is 10.1. The molecule has 0 amide bonds. The zero-order valence-corrected chi connectivity index (χ0v) is 9.69. The molecule has 0 aromatic heterocycles. The maximum atomic E-state index is 11.4. The molecule has 2 N–H and O–H groups in total. The fraction of sp³-hybridized carbons (Fsp3) is 0.200. The van der Waals surface area contributed by atoms with Gasteiger partial charge in [0.05, 0.1) is 6.42 Å². The molecule has 0 heterocycles. The second-order valence-corrected chi connectivity index (χ2v) is 4.85. The number of phenolic OH excluding ortho intramolecular Hbond substituents is 1. The van der Waals surface area contributed by atoms with Crippen molar-refractivity contribution in [3.8, 4) is 5.75 Å². The van der Waals surface area contributed by atoms with E-state index in [1.54, 1.807) is 0 Å². The average molecular weight is 258 g/mol. The topological polar surface area (TPSA) is 109 Å². The van der Waals surface area contributed by atoms with E-state index < -0.39 is 26.5 Å². The lowest BCUT2D eigenvalue weighted by molar-refractivity contribution is -0.116. The van der Waals surface area contributed by atoms with Crippen molar-refractivity contribution in [1.82, 2.24) is 0 Å². The Morgan fingerprint density at radius 1 is 1.29 bits per heavy atom. The minimum Gasteiger partial charge on any atom is -0.506 e. The van der Waals surface area contributed by atoms with Crippen LogP contribution in [0.1, 0.15) is 23.7 Å². The smallest absolute Gasteiger partial charge is 0.298 e. The normalized spacial score (nSPS) is 11.2. The maximum absolute atomic E-state index is 11.4. The van der Waals surface area contributed by atoms with Crippen LogP contribution in [0.3, 0.4) is 0 Å². The van der Waals surface area contributed by atoms with Gasteiger partial charge < -0.3 is 5.11 Å². The van der Waals surface area contributed by atoms with Crippen molar-refractivity contribution in [2.75, 3.05) is 0 Å². The third-order valence-corrected chi connectivity index (χ3v) is 2.87. The Kier molecular flexibility index (Phi) is 3.64. The molecule has 1 rings (SSSR count). The molecule has 0 aliphatic heterocycles. The summed E-state index contributed by atoms with van der Waals surface area (Å²) in [5.74, 6) is -1.61. The van der Waals surface area contributed by atoms with Gasteiger partial charge in [0, 0.05) is 5.56 Å². The summed E-state index contributed by atoms with van der Waals surface area (Å²) in [5, 5.41) is 9.33. The summed E-state index contributed by atoms with van der Waals surface area (Å²) in [6, 6.07) is 2.92. The van der Waals surface area contributed by atoms with E-state index in [2.05, 4.69) is 0 Å². The quantitative estimate of drug-likeness (QED) is 0.469. The summed E-state index contributed by atoms with van der Waals surface area (Å²) in [4.78, 5) is 21.5. The Hall–Kier alpha value is -1.73. The highest BCUT2D eigenvalue weighted by atomic mass is 32.2. The van der Waals surface area contributed by atoms with Crippen LogP contribution in [-0.4, -0.2) is 29.6 Å².